The van der Waals surface area contributed by atoms with Crippen LogP contribution in [-0.4, -0.2) is 20.8 Å². The lowest BCUT2D eigenvalue weighted by molar-refractivity contribution is 0.242. The summed E-state index contributed by atoms with van der Waals surface area (Å²) in [6.07, 6.45) is 9.88. The summed E-state index contributed by atoms with van der Waals surface area (Å²) in [6, 6.07) is 4.11. The molecule has 0 aliphatic heterocycles. The maximum atomic E-state index is 14.0. The zero-order valence-corrected chi connectivity index (χ0v) is 16.5. The normalized spacial score (nSPS) is 17.0. The van der Waals surface area contributed by atoms with Crippen molar-refractivity contribution in [1.29, 1.82) is 0 Å². The second-order valence-electron chi connectivity index (χ2n) is 6.98. The minimum absolute atomic E-state index is 0.0417. The van der Waals surface area contributed by atoms with E-state index in [4.69, 9.17) is 4.74 Å². The van der Waals surface area contributed by atoms with Gasteiger partial charge in [0.05, 0.1) is 12.4 Å². The van der Waals surface area contributed by atoms with Crippen molar-refractivity contribution in [2.45, 2.75) is 58.4 Å². The molecule has 0 saturated heterocycles. The van der Waals surface area contributed by atoms with Gasteiger partial charge >= 0.3 is 0 Å². The van der Waals surface area contributed by atoms with E-state index in [9.17, 15) is 12.8 Å². The highest BCUT2D eigenvalue weighted by Gasteiger charge is 2.19. The van der Waals surface area contributed by atoms with Crippen LogP contribution in [-0.2, 0) is 10.0 Å². The van der Waals surface area contributed by atoms with Gasteiger partial charge in [0.15, 0.2) is 11.6 Å². The van der Waals surface area contributed by atoms with E-state index in [1.807, 2.05) is 19.1 Å². The molecule has 0 amide bonds. The van der Waals surface area contributed by atoms with Gasteiger partial charge in [-0.2, -0.15) is 0 Å². The van der Waals surface area contributed by atoms with Gasteiger partial charge in [-0.05, 0) is 56.2 Å². The van der Waals surface area contributed by atoms with Crippen LogP contribution >= 0.6 is 0 Å². The average Bonchev–Trinajstić information content (AvgIpc) is 3.11. The molecule has 0 heterocycles. The third kappa shape index (κ3) is 6.72. The molecule has 146 valence electrons. The van der Waals surface area contributed by atoms with Crippen LogP contribution in [0.5, 0.6) is 5.75 Å². The molecular weight excluding hydrogens is 353 g/mol. The number of halogens is 1. The maximum absolute atomic E-state index is 14.0. The fourth-order valence-electron chi connectivity index (χ4n) is 3.19. The number of ether oxygens (including phenoxy) is 1. The molecule has 4 nitrogen and oxygen atoms in total. The standard InChI is InChI=1S/C20H30FNO3S/c1-3-4-5-8-13-26(23,24)22-16(2)18-11-12-19(21)20(14-18)25-15-17-9-6-7-10-17/h4-5,11-12,14,16-17,22H,3,6-10,13,15H2,1-2H3/b5-4+/t16-/m1/s1. The quantitative estimate of drug-likeness (QED) is 0.594. The van der Waals surface area contributed by atoms with Crippen molar-refractivity contribution >= 4 is 10.0 Å². The molecule has 1 fully saturated rings. The summed E-state index contributed by atoms with van der Waals surface area (Å²) in [5, 5.41) is 0. The zero-order valence-electron chi connectivity index (χ0n) is 15.7. The molecule has 0 radical (unpaired) electrons. The van der Waals surface area contributed by atoms with Crippen molar-refractivity contribution < 1.29 is 17.5 Å². The SMILES string of the molecule is CC/C=C/CCS(=O)(=O)N[C@H](C)c1ccc(F)c(OCC2CCCC2)c1. The minimum Gasteiger partial charge on any atom is -0.490 e. The number of nitrogens with one attached hydrogen (secondary N) is 1. The van der Waals surface area contributed by atoms with Gasteiger partial charge in [0, 0.05) is 6.04 Å². The molecule has 1 aromatic carbocycles. The summed E-state index contributed by atoms with van der Waals surface area (Å²) in [4.78, 5) is 0. The molecular formula is C20H30FNO3S. The number of hydrogen-bond acceptors (Lipinski definition) is 3. The Kier molecular flexibility index (Phi) is 8.10. The Morgan fingerprint density at radius 1 is 1.31 bits per heavy atom. The van der Waals surface area contributed by atoms with Gasteiger partial charge in [-0.25, -0.2) is 17.5 Å². The summed E-state index contributed by atoms with van der Waals surface area (Å²) in [7, 11) is -3.39. The molecule has 0 spiro atoms. The van der Waals surface area contributed by atoms with Gasteiger partial charge in [0.1, 0.15) is 0 Å². The van der Waals surface area contributed by atoms with E-state index in [0.717, 1.165) is 19.3 Å². The number of hydrogen-bond donors (Lipinski definition) is 1. The molecule has 1 saturated carbocycles. The van der Waals surface area contributed by atoms with Crippen molar-refractivity contribution in [3.05, 3.63) is 41.7 Å². The lowest BCUT2D eigenvalue weighted by Crippen LogP contribution is -2.29. The molecule has 6 heteroatoms. The summed E-state index contributed by atoms with van der Waals surface area (Å²) in [5.74, 6) is 0.322. The molecule has 0 unspecified atom stereocenters. The largest absolute Gasteiger partial charge is 0.490 e. The second kappa shape index (κ2) is 10.1. The lowest BCUT2D eigenvalue weighted by Gasteiger charge is -2.17. The molecule has 0 bridgehead atoms. The Morgan fingerprint density at radius 3 is 2.73 bits per heavy atom. The number of rotatable bonds is 10. The van der Waals surface area contributed by atoms with Gasteiger partial charge in [-0.1, -0.05) is 38.0 Å². The topological polar surface area (TPSA) is 55.4 Å². The van der Waals surface area contributed by atoms with Crippen LogP contribution in [0, 0.1) is 11.7 Å². The van der Waals surface area contributed by atoms with Crippen LogP contribution in [0.25, 0.3) is 0 Å². The van der Waals surface area contributed by atoms with Crippen LogP contribution in [0.1, 0.15) is 64.0 Å². The second-order valence-corrected chi connectivity index (χ2v) is 8.85. The van der Waals surface area contributed by atoms with Crippen LogP contribution < -0.4 is 9.46 Å². The minimum atomic E-state index is -3.39. The highest BCUT2D eigenvalue weighted by atomic mass is 32.2. The zero-order chi connectivity index (χ0) is 19.0. The predicted molar refractivity (Wildman–Crippen MR) is 103 cm³/mol. The molecule has 1 aromatic rings. The Balaban J connectivity index is 1.95. The fraction of sp³-hybridized carbons (Fsp3) is 0.600. The van der Waals surface area contributed by atoms with E-state index >= 15 is 0 Å². The molecule has 2 rings (SSSR count). The highest BCUT2D eigenvalue weighted by Crippen LogP contribution is 2.28. The Hall–Kier alpha value is -1.40. The number of sulfonamides is 1. The van der Waals surface area contributed by atoms with E-state index in [2.05, 4.69) is 4.72 Å². The van der Waals surface area contributed by atoms with Crippen molar-refractivity contribution in [2.75, 3.05) is 12.4 Å². The van der Waals surface area contributed by atoms with Crippen molar-refractivity contribution in [1.82, 2.24) is 4.72 Å². The summed E-state index contributed by atoms with van der Waals surface area (Å²) < 4.78 is 46.7. The first-order valence-electron chi connectivity index (χ1n) is 9.48. The van der Waals surface area contributed by atoms with E-state index in [1.165, 1.54) is 18.9 Å². The first-order valence-corrected chi connectivity index (χ1v) is 11.1. The van der Waals surface area contributed by atoms with Gasteiger partial charge in [0.2, 0.25) is 10.0 Å². The first-order chi connectivity index (χ1) is 12.4. The molecule has 1 aliphatic rings. The Labute approximate surface area is 156 Å². The molecule has 1 aliphatic carbocycles. The number of allylic oxidation sites excluding steroid dienone is 2. The Morgan fingerprint density at radius 2 is 2.04 bits per heavy atom. The Bertz CT molecular complexity index is 697. The van der Waals surface area contributed by atoms with Crippen LogP contribution in [0.15, 0.2) is 30.4 Å². The van der Waals surface area contributed by atoms with Crippen molar-refractivity contribution in [3.8, 4) is 5.75 Å². The van der Waals surface area contributed by atoms with E-state index in [-0.39, 0.29) is 11.5 Å². The average molecular weight is 384 g/mol. The van der Waals surface area contributed by atoms with Crippen LogP contribution in [0.3, 0.4) is 0 Å². The number of benzene rings is 1. The smallest absolute Gasteiger partial charge is 0.212 e. The summed E-state index contributed by atoms with van der Waals surface area (Å²) in [6.45, 7) is 4.28. The van der Waals surface area contributed by atoms with E-state index in [1.54, 1.807) is 19.1 Å². The van der Waals surface area contributed by atoms with Gasteiger partial charge in [-0.15, -0.1) is 0 Å². The maximum Gasteiger partial charge on any atom is 0.212 e. The molecule has 1 atom stereocenters. The van der Waals surface area contributed by atoms with Crippen LogP contribution in [0.2, 0.25) is 0 Å². The summed E-state index contributed by atoms with van der Waals surface area (Å²) in [5.41, 5.74) is 0.695. The van der Waals surface area contributed by atoms with E-state index in [0.29, 0.717) is 24.5 Å². The molecule has 26 heavy (non-hydrogen) atoms. The predicted octanol–water partition coefficient (Wildman–Crippen LogP) is 4.73. The lowest BCUT2D eigenvalue weighted by atomic mass is 10.1. The van der Waals surface area contributed by atoms with Gasteiger partial charge in [0.25, 0.3) is 0 Å². The van der Waals surface area contributed by atoms with E-state index < -0.39 is 21.9 Å². The van der Waals surface area contributed by atoms with Crippen molar-refractivity contribution in [2.24, 2.45) is 5.92 Å². The van der Waals surface area contributed by atoms with Gasteiger partial charge in [-0.3, -0.25) is 0 Å². The highest BCUT2D eigenvalue weighted by molar-refractivity contribution is 7.89. The fourth-order valence-corrected chi connectivity index (χ4v) is 4.43. The first kappa shape index (κ1) is 20.9. The van der Waals surface area contributed by atoms with Gasteiger partial charge < -0.3 is 4.74 Å². The monoisotopic (exact) mass is 383 g/mol. The summed E-state index contributed by atoms with van der Waals surface area (Å²) >= 11 is 0. The third-order valence-electron chi connectivity index (χ3n) is 4.72. The molecule has 1 N–H and O–H groups in total. The van der Waals surface area contributed by atoms with Crippen LogP contribution in [0.4, 0.5) is 4.39 Å². The third-order valence-corrected chi connectivity index (χ3v) is 6.20. The molecule has 0 aromatic heterocycles. The van der Waals surface area contributed by atoms with Crippen molar-refractivity contribution in [3.63, 3.8) is 0 Å².